The molecule has 0 radical (unpaired) electrons. The number of carbonyl (C=O) groups is 1. The lowest BCUT2D eigenvalue weighted by atomic mass is 10.2. The number of nitrogens with one attached hydrogen (secondary N) is 1. The summed E-state index contributed by atoms with van der Waals surface area (Å²) in [6.45, 7) is 8.00. The summed E-state index contributed by atoms with van der Waals surface area (Å²) in [5, 5.41) is 28.8. The topological polar surface area (TPSA) is 107 Å². The van der Waals surface area contributed by atoms with E-state index < -0.39 is 0 Å². The molecule has 0 unspecified atom stereocenters. The zero-order chi connectivity index (χ0) is 19.4. The van der Waals surface area contributed by atoms with Crippen LogP contribution in [0.2, 0.25) is 0 Å². The van der Waals surface area contributed by atoms with Gasteiger partial charge < -0.3 is 15.6 Å². The molecular formula is C18H30N2O3S2. The fourth-order valence-corrected chi connectivity index (χ4v) is 1.20. The number of benzene rings is 2. The number of nitrogens with two attached hydrogens (primary N) is 1. The van der Waals surface area contributed by atoms with Crippen LogP contribution in [0.3, 0.4) is 0 Å². The van der Waals surface area contributed by atoms with Crippen LogP contribution in [0.25, 0.3) is 0 Å². The van der Waals surface area contributed by atoms with Crippen molar-refractivity contribution in [1.29, 1.82) is 5.41 Å². The van der Waals surface area contributed by atoms with Crippen molar-refractivity contribution < 1.29 is 15.0 Å². The summed E-state index contributed by atoms with van der Waals surface area (Å²) in [5.74, 6) is 0.194. The quantitative estimate of drug-likeness (QED) is 0.296. The third-order valence-electron chi connectivity index (χ3n) is 2.16. The highest BCUT2D eigenvalue weighted by Gasteiger charge is 1.93. The maximum absolute atomic E-state index is 10.1. The van der Waals surface area contributed by atoms with E-state index in [1.54, 1.807) is 42.5 Å². The first-order valence-electron chi connectivity index (χ1n) is 7.46. The number of phenols is 2. The second-order valence-electron chi connectivity index (χ2n) is 3.38. The molecular weight excluding hydrogens is 356 g/mol. The number of thiol groups is 1. The van der Waals surface area contributed by atoms with Crippen LogP contribution in [0.4, 0.5) is 0 Å². The van der Waals surface area contributed by atoms with E-state index in [1.807, 2.05) is 27.7 Å². The fraction of sp³-hybridized carbons (Fsp3) is 0.222. The minimum atomic E-state index is 0. The van der Waals surface area contributed by atoms with Crippen LogP contribution in [-0.4, -0.2) is 22.7 Å². The molecule has 2 aromatic carbocycles. The van der Waals surface area contributed by atoms with Crippen molar-refractivity contribution in [2.24, 2.45) is 5.14 Å². The molecule has 0 amide bonds. The van der Waals surface area contributed by atoms with Crippen LogP contribution in [0, 0.1) is 5.41 Å². The number of rotatable bonds is 2. The average Bonchev–Trinajstić information content (AvgIpc) is 2.68. The van der Waals surface area contributed by atoms with E-state index in [-0.39, 0.29) is 25.0 Å². The lowest BCUT2D eigenvalue weighted by Crippen LogP contribution is -1.77. The number of carbonyl (C=O) groups excluding carboxylic acids is 1. The fourth-order valence-electron chi connectivity index (χ4n) is 1.20. The summed E-state index contributed by atoms with van der Waals surface area (Å²) in [6, 6.07) is 13.1. The second-order valence-corrected chi connectivity index (χ2v) is 3.38. The Bertz CT molecular complexity index is 504. The van der Waals surface area contributed by atoms with Crippen molar-refractivity contribution in [1.82, 2.24) is 0 Å². The minimum Gasteiger partial charge on any atom is -0.507 e. The third kappa shape index (κ3) is 15.3. The van der Waals surface area contributed by atoms with Gasteiger partial charge in [0.05, 0.1) is 5.56 Å². The van der Waals surface area contributed by atoms with Gasteiger partial charge in [-0.2, -0.15) is 13.5 Å². The zero-order valence-electron chi connectivity index (χ0n) is 15.1. The van der Waals surface area contributed by atoms with Crippen molar-refractivity contribution in [3.05, 3.63) is 59.7 Å². The predicted octanol–water partition coefficient (Wildman–Crippen LogP) is 4.55. The first-order valence-corrected chi connectivity index (χ1v) is 7.98. The lowest BCUT2D eigenvalue weighted by molar-refractivity contribution is 0.112. The van der Waals surface area contributed by atoms with Crippen LogP contribution >= 0.6 is 26.3 Å². The molecule has 2 aromatic rings. The number of phenolic OH excluding ortho intramolecular Hbond substituents is 2. The molecule has 7 heteroatoms. The van der Waals surface area contributed by atoms with E-state index in [0.717, 1.165) is 6.21 Å². The summed E-state index contributed by atoms with van der Waals surface area (Å²) in [7, 11) is 0. The van der Waals surface area contributed by atoms with Gasteiger partial charge in [-0.3, -0.25) is 9.93 Å². The van der Waals surface area contributed by atoms with Gasteiger partial charge in [0.2, 0.25) is 0 Å². The molecule has 0 fully saturated rings. The van der Waals surface area contributed by atoms with E-state index in [4.69, 9.17) is 15.6 Å². The summed E-state index contributed by atoms with van der Waals surface area (Å²) >= 11 is 3.03. The van der Waals surface area contributed by atoms with Crippen molar-refractivity contribution in [3.63, 3.8) is 0 Å². The molecule has 25 heavy (non-hydrogen) atoms. The standard InChI is InChI=1S/C7H7NO.C7H6O2.2C2H6.H3NS.H2S/c2*8-5-6-3-1-2-4-7(6)9;3*1-2;/h1-5,8-9H;1-5,9H;2*1-2H3;2H,1H2;1H2. The highest BCUT2D eigenvalue weighted by atomic mass is 32.1. The summed E-state index contributed by atoms with van der Waals surface area (Å²) in [4.78, 5) is 10.1. The Kier molecular flexibility index (Phi) is 30.0. The first kappa shape index (κ1) is 30.9. The predicted molar refractivity (Wildman–Crippen MR) is 116 cm³/mol. The van der Waals surface area contributed by atoms with Crippen LogP contribution in [0.15, 0.2) is 48.5 Å². The molecule has 0 aliphatic carbocycles. The zero-order valence-corrected chi connectivity index (χ0v) is 17.0. The van der Waals surface area contributed by atoms with Crippen LogP contribution in [-0.2, 0) is 0 Å². The highest BCUT2D eigenvalue weighted by Crippen LogP contribution is 2.12. The molecule has 0 aliphatic heterocycles. The monoisotopic (exact) mass is 386 g/mol. The van der Waals surface area contributed by atoms with E-state index in [9.17, 15) is 4.79 Å². The number of hydrogen-bond donors (Lipinski definition) is 5. The van der Waals surface area contributed by atoms with Gasteiger partial charge in [-0.15, -0.1) is 12.8 Å². The van der Waals surface area contributed by atoms with Crippen LogP contribution < -0.4 is 5.14 Å². The van der Waals surface area contributed by atoms with Crippen molar-refractivity contribution >= 4 is 38.8 Å². The maximum Gasteiger partial charge on any atom is 0.153 e. The van der Waals surface area contributed by atoms with Gasteiger partial charge in [0.1, 0.15) is 11.5 Å². The SMILES string of the molecule is CC.CC.N=Cc1ccccc1O.NS.O=Cc1ccccc1O.S. The lowest BCUT2D eigenvalue weighted by Gasteiger charge is -1.92. The smallest absolute Gasteiger partial charge is 0.153 e. The highest BCUT2D eigenvalue weighted by molar-refractivity contribution is 7.77. The van der Waals surface area contributed by atoms with Crippen molar-refractivity contribution in [2.75, 3.05) is 0 Å². The van der Waals surface area contributed by atoms with Gasteiger partial charge in [-0.25, -0.2) is 0 Å². The Balaban J connectivity index is -0.000000132. The van der Waals surface area contributed by atoms with Crippen LogP contribution in [0.5, 0.6) is 11.5 Å². The van der Waals surface area contributed by atoms with Gasteiger partial charge in [-0.05, 0) is 24.3 Å². The number of para-hydroxylation sites is 2. The largest absolute Gasteiger partial charge is 0.507 e. The molecule has 5 nitrogen and oxygen atoms in total. The molecule has 2 rings (SSSR count). The molecule has 0 aromatic heterocycles. The number of aldehydes is 1. The van der Waals surface area contributed by atoms with Gasteiger partial charge in [0.25, 0.3) is 0 Å². The molecule has 0 saturated carbocycles. The Morgan fingerprint density at radius 1 is 0.840 bits per heavy atom. The average molecular weight is 387 g/mol. The van der Waals surface area contributed by atoms with E-state index in [1.165, 1.54) is 6.07 Å². The molecule has 0 aliphatic rings. The number of aromatic hydroxyl groups is 2. The summed E-state index contributed by atoms with van der Waals surface area (Å²) in [6.07, 6.45) is 1.74. The van der Waals surface area contributed by atoms with E-state index in [0.29, 0.717) is 17.4 Å². The summed E-state index contributed by atoms with van der Waals surface area (Å²) < 4.78 is 0. The molecule has 0 spiro atoms. The van der Waals surface area contributed by atoms with Gasteiger partial charge in [0.15, 0.2) is 6.29 Å². The minimum absolute atomic E-state index is 0. The molecule has 0 bridgehead atoms. The summed E-state index contributed by atoms with van der Waals surface area (Å²) in [5.41, 5.74) is 0.884. The molecule has 0 saturated heterocycles. The maximum atomic E-state index is 10.1. The van der Waals surface area contributed by atoms with Crippen LogP contribution in [0.1, 0.15) is 43.6 Å². The second kappa shape index (κ2) is 24.3. The van der Waals surface area contributed by atoms with Gasteiger partial charge >= 0.3 is 0 Å². The van der Waals surface area contributed by atoms with Crippen molar-refractivity contribution in [3.8, 4) is 11.5 Å². The number of hydrogen-bond acceptors (Lipinski definition) is 6. The van der Waals surface area contributed by atoms with Crippen molar-refractivity contribution in [2.45, 2.75) is 27.7 Å². The van der Waals surface area contributed by atoms with Gasteiger partial charge in [0, 0.05) is 11.8 Å². The normalized spacial score (nSPS) is 7.12. The van der Waals surface area contributed by atoms with E-state index >= 15 is 0 Å². The van der Waals surface area contributed by atoms with E-state index in [2.05, 4.69) is 18.0 Å². The first-order chi connectivity index (χ1) is 11.7. The Morgan fingerprint density at radius 3 is 1.36 bits per heavy atom. The third-order valence-corrected chi connectivity index (χ3v) is 2.16. The molecule has 0 atom stereocenters. The Morgan fingerprint density at radius 2 is 1.16 bits per heavy atom. The molecule has 5 N–H and O–H groups in total. The Hall–Kier alpha value is -1.96. The van der Waals surface area contributed by atoms with Gasteiger partial charge in [-0.1, -0.05) is 52.0 Å². The molecule has 0 heterocycles. The Labute approximate surface area is 163 Å². The molecule has 142 valence electrons.